The van der Waals surface area contributed by atoms with Gasteiger partial charge in [0, 0.05) is 34.6 Å². The Bertz CT molecular complexity index is 1440. The van der Waals surface area contributed by atoms with Gasteiger partial charge in [-0.1, -0.05) is 23.4 Å². The maximum Gasteiger partial charge on any atom is 0.411 e. The summed E-state index contributed by atoms with van der Waals surface area (Å²) in [4.78, 5) is 27.0. The summed E-state index contributed by atoms with van der Waals surface area (Å²) in [6.07, 6.45) is 1.13. The van der Waals surface area contributed by atoms with Crippen molar-refractivity contribution in [1.82, 2.24) is 14.7 Å². The van der Waals surface area contributed by atoms with Crippen molar-refractivity contribution < 1.29 is 29.3 Å². The van der Waals surface area contributed by atoms with E-state index in [0.29, 0.717) is 39.7 Å². The van der Waals surface area contributed by atoms with Crippen molar-refractivity contribution in [3.63, 3.8) is 0 Å². The fraction of sp³-hybridized carbons (Fsp3) is 0.345. The zero-order valence-electron chi connectivity index (χ0n) is 22.5. The van der Waals surface area contributed by atoms with Crippen LogP contribution < -0.4 is 5.32 Å². The molecule has 0 unspecified atom stereocenters. The maximum atomic E-state index is 13.0. The number of morpholine rings is 1. The van der Waals surface area contributed by atoms with Gasteiger partial charge in [0.25, 0.3) is 0 Å². The molecule has 1 aliphatic heterocycles. The van der Waals surface area contributed by atoms with Gasteiger partial charge in [-0.15, -0.1) is 0 Å². The van der Waals surface area contributed by atoms with Gasteiger partial charge in [0.15, 0.2) is 0 Å². The molecule has 210 valence electrons. The van der Waals surface area contributed by atoms with Crippen molar-refractivity contribution in [2.45, 2.75) is 39.0 Å². The van der Waals surface area contributed by atoms with Crippen LogP contribution in [0.3, 0.4) is 0 Å². The third-order valence-corrected chi connectivity index (χ3v) is 6.09. The SMILES string of the molecule is CC(C)(C)OC(=O)N1CCOC[C@H]1C(=O)Nc1ccc(C#Cc2cn(CCO)nc2-c2cc(Cl)ccc2O)cc1. The predicted octanol–water partition coefficient (Wildman–Crippen LogP) is 3.88. The van der Waals surface area contributed by atoms with E-state index in [9.17, 15) is 19.8 Å². The second-order valence-electron chi connectivity index (χ2n) is 10.1. The number of aliphatic hydroxyl groups is 1. The molecule has 0 aliphatic carbocycles. The first-order valence-electron chi connectivity index (χ1n) is 12.7. The van der Waals surface area contributed by atoms with E-state index in [1.807, 2.05) is 0 Å². The first kappa shape index (κ1) is 29.0. The van der Waals surface area contributed by atoms with Crippen molar-refractivity contribution in [1.29, 1.82) is 0 Å². The largest absolute Gasteiger partial charge is 0.507 e. The lowest BCUT2D eigenvalue weighted by molar-refractivity contribution is -0.127. The number of phenols is 1. The number of halogens is 1. The number of carbonyl (C=O) groups is 2. The standard InChI is InChI=1S/C29H31ClN4O6/c1-29(2,3)40-28(38)34-13-15-39-18-24(34)27(37)31-22-9-5-19(6-10-22)4-7-20-17-33(12-14-35)32-26(20)23-16-21(30)8-11-25(23)36/h5-6,8-11,16-17,24,35-36H,12-15,18H2,1-3H3,(H,31,37)/t24-/m0/s1. The lowest BCUT2D eigenvalue weighted by Gasteiger charge is -2.35. The van der Waals surface area contributed by atoms with E-state index in [1.165, 1.54) is 11.0 Å². The number of amides is 2. The number of nitrogens with zero attached hydrogens (tertiary/aromatic N) is 3. The maximum absolute atomic E-state index is 13.0. The molecular formula is C29H31ClN4O6. The molecule has 3 N–H and O–H groups in total. The Labute approximate surface area is 237 Å². The Hall–Kier alpha value is -4.04. The molecule has 1 atom stereocenters. The predicted molar refractivity (Wildman–Crippen MR) is 150 cm³/mol. The van der Waals surface area contributed by atoms with Crippen LogP contribution in [-0.4, -0.2) is 74.9 Å². The molecule has 0 spiro atoms. The van der Waals surface area contributed by atoms with Gasteiger partial charge in [0.05, 0.1) is 31.9 Å². The number of phenolic OH excluding ortho intramolecular Hbond substituents is 1. The number of hydrogen-bond acceptors (Lipinski definition) is 7. The minimum Gasteiger partial charge on any atom is -0.507 e. The van der Waals surface area contributed by atoms with Crippen molar-refractivity contribution >= 4 is 29.3 Å². The Morgan fingerprint density at radius 1 is 1.20 bits per heavy atom. The molecule has 1 aliphatic rings. The summed E-state index contributed by atoms with van der Waals surface area (Å²) in [5, 5.41) is 27.4. The van der Waals surface area contributed by atoms with Crippen LogP contribution in [0.1, 0.15) is 31.9 Å². The molecule has 2 heterocycles. The molecule has 0 saturated carbocycles. The molecule has 2 amide bonds. The quantitative estimate of drug-likeness (QED) is 0.400. The summed E-state index contributed by atoms with van der Waals surface area (Å²) >= 11 is 6.12. The first-order chi connectivity index (χ1) is 19.0. The van der Waals surface area contributed by atoms with Crippen LogP contribution in [0.2, 0.25) is 5.02 Å². The van der Waals surface area contributed by atoms with Crippen LogP contribution in [0.4, 0.5) is 10.5 Å². The molecule has 1 saturated heterocycles. The van der Waals surface area contributed by atoms with Crippen molar-refractivity contribution in [2.24, 2.45) is 0 Å². The normalized spacial score (nSPS) is 15.2. The summed E-state index contributed by atoms with van der Waals surface area (Å²) < 4.78 is 12.4. The fourth-order valence-electron chi connectivity index (χ4n) is 3.99. The number of aromatic hydroxyl groups is 1. The molecule has 40 heavy (non-hydrogen) atoms. The summed E-state index contributed by atoms with van der Waals surface area (Å²) in [6, 6.07) is 10.8. The number of carbonyl (C=O) groups excluding carboxylic acids is 2. The lowest BCUT2D eigenvalue weighted by atomic mass is 10.1. The van der Waals surface area contributed by atoms with Gasteiger partial charge in [-0.3, -0.25) is 14.4 Å². The van der Waals surface area contributed by atoms with Crippen molar-refractivity contribution in [2.75, 3.05) is 31.7 Å². The number of anilines is 1. The minimum absolute atomic E-state index is 0.00962. The molecular weight excluding hydrogens is 536 g/mol. The first-order valence-corrected chi connectivity index (χ1v) is 13.1. The average molecular weight is 567 g/mol. The second kappa shape index (κ2) is 12.4. The van der Waals surface area contributed by atoms with Gasteiger partial charge in [-0.25, -0.2) is 4.79 Å². The Morgan fingerprint density at radius 3 is 2.65 bits per heavy atom. The van der Waals surface area contributed by atoms with Crippen LogP contribution in [0.5, 0.6) is 5.75 Å². The summed E-state index contributed by atoms with van der Waals surface area (Å²) in [5.41, 5.74) is 1.94. The summed E-state index contributed by atoms with van der Waals surface area (Å²) in [6.45, 7) is 6.13. The number of hydrogen-bond donors (Lipinski definition) is 3. The van der Waals surface area contributed by atoms with Gasteiger partial charge in [-0.2, -0.15) is 5.10 Å². The smallest absolute Gasteiger partial charge is 0.411 e. The molecule has 11 heteroatoms. The van der Waals surface area contributed by atoms with E-state index in [-0.39, 0.29) is 38.0 Å². The van der Waals surface area contributed by atoms with E-state index < -0.39 is 17.7 Å². The molecule has 0 bridgehead atoms. The number of aliphatic hydroxyl groups excluding tert-OH is 1. The van der Waals surface area contributed by atoms with E-state index in [2.05, 4.69) is 22.3 Å². The highest BCUT2D eigenvalue weighted by Gasteiger charge is 2.35. The van der Waals surface area contributed by atoms with E-state index in [0.717, 1.165) is 0 Å². The van der Waals surface area contributed by atoms with Crippen molar-refractivity contribution in [3.8, 4) is 28.8 Å². The van der Waals surface area contributed by atoms with Crippen LogP contribution in [0.15, 0.2) is 48.7 Å². The molecule has 0 radical (unpaired) electrons. The highest BCUT2D eigenvalue weighted by molar-refractivity contribution is 6.31. The van der Waals surface area contributed by atoms with Crippen LogP contribution in [0, 0.1) is 11.8 Å². The third kappa shape index (κ3) is 7.33. The van der Waals surface area contributed by atoms with Gasteiger partial charge >= 0.3 is 6.09 Å². The molecule has 4 rings (SSSR count). The highest BCUT2D eigenvalue weighted by Crippen LogP contribution is 2.32. The Balaban J connectivity index is 1.49. The summed E-state index contributed by atoms with van der Waals surface area (Å²) in [7, 11) is 0. The van der Waals surface area contributed by atoms with Crippen LogP contribution in [-0.2, 0) is 20.8 Å². The van der Waals surface area contributed by atoms with Crippen molar-refractivity contribution in [3.05, 3.63) is 64.8 Å². The molecule has 1 aromatic heterocycles. The molecule has 10 nitrogen and oxygen atoms in total. The number of aromatic nitrogens is 2. The van der Waals surface area contributed by atoms with Crippen LogP contribution in [0.25, 0.3) is 11.3 Å². The Morgan fingerprint density at radius 2 is 1.95 bits per heavy atom. The zero-order valence-corrected chi connectivity index (χ0v) is 23.2. The fourth-order valence-corrected chi connectivity index (χ4v) is 4.16. The lowest BCUT2D eigenvalue weighted by Crippen LogP contribution is -2.55. The second-order valence-corrected chi connectivity index (χ2v) is 10.6. The van der Waals surface area contributed by atoms with Gasteiger partial charge in [0.2, 0.25) is 5.91 Å². The number of nitrogens with one attached hydrogen (secondary N) is 1. The van der Waals surface area contributed by atoms with Crippen LogP contribution >= 0.6 is 11.6 Å². The highest BCUT2D eigenvalue weighted by atomic mass is 35.5. The summed E-state index contributed by atoms with van der Waals surface area (Å²) in [5.74, 6) is 5.76. The number of benzene rings is 2. The van der Waals surface area contributed by atoms with E-state index in [1.54, 1.807) is 68.0 Å². The Kier molecular flexibility index (Phi) is 9.00. The van der Waals surface area contributed by atoms with Gasteiger partial charge in [0.1, 0.15) is 23.1 Å². The molecule has 2 aromatic carbocycles. The van der Waals surface area contributed by atoms with E-state index >= 15 is 0 Å². The average Bonchev–Trinajstić information content (AvgIpc) is 3.31. The topological polar surface area (TPSA) is 126 Å². The molecule has 1 fully saturated rings. The monoisotopic (exact) mass is 566 g/mol. The minimum atomic E-state index is -0.820. The van der Waals surface area contributed by atoms with E-state index in [4.69, 9.17) is 21.1 Å². The number of rotatable bonds is 5. The number of ether oxygens (including phenoxy) is 2. The van der Waals surface area contributed by atoms with Gasteiger partial charge < -0.3 is 25.0 Å². The zero-order chi connectivity index (χ0) is 28.9. The third-order valence-electron chi connectivity index (χ3n) is 5.86. The molecule has 3 aromatic rings. The van der Waals surface area contributed by atoms with Gasteiger partial charge in [-0.05, 0) is 63.2 Å².